The second-order valence-electron chi connectivity index (χ2n) is 6.84. The zero-order chi connectivity index (χ0) is 20.4. The summed E-state index contributed by atoms with van der Waals surface area (Å²) in [5, 5.41) is 2.96. The van der Waals surface area contributed by atoms with Gasteiger partial charge in [-0.05, 0) is 36.2 Å². The summed E-state index contributed by atoms with van der Waals surface area (Å²) in [6, 6.07) is 5.93. The molecule has 146 valence electrons. The summed E-state index contributed by atoms with van der Waals surface area (Å²) in [7, 11) is 0. The number of allylic oxidation sites excluding steroid dienone is 1. The summed E-state index contributed by atoms with van der Waals surface area (Å²) in [6.07, 6.45) is 3.10. The van der Waals surface area contributed by atoms with Gasteiger partial charge in [0, 0.05) is 12.2 Å². The summed E-state index contributed by atoms with van der Waals surface area (Å²) < 4.78 is 4.08. The highest BCUT2D eigenvalue weighted by molar-refractivity contribution is 7.73. The monoisotopic (exact) mass is 414 g/mol. The van der Waals surface area contributed by atoms with Gasteiger partial charge in [-0.2, -0.15) is 0 Å². The normalized spacial score (nSPS) is 11.1. The van der Waals surface area contributed by atoms with Crippen molar-refractivity contribution < 1.29 is 4.79 Å². The molecule has 2 heterocycles. The first-order valence-electron chi connectivity index (χ1n) is 8.92. The van der Waals surface area contributed by atoms with Crippen molar-refractivity contribution in [3.05, 3.63) is 62.6 Å². The molecule has 0 saturated carbocycles. The highest BCUT2D eigenvalue weighted by atomic mass is 32.1. The fourth-order valence-corrected chi connectivity index (χ4v) is 4.37. The summed E-state index contributed by atoms with van der Waals surface area (Å²) in [6.45, 7) is 10.2. The lowest BCUT2D eigenvalue weighted by atomic mass is 9.98. The van der Waals surface area contributed by atoms with Crippen LogP contribution in [0.3, 0.4) is 0 Å². The number of carbonyl (C=O) groups is 1. The van der Waals surface area contributed by atoms with E-state index in [2.05, 4.69) is 30.7 Å². The van der Waals surface area contributed by atoms with Crippen LogP contribution in [0.5, 0.6) is 0 Å². The van der Waals surface area contributed by atoms with Crippen molar-refractivity contribution in [2.45, 2.75) is 39.8 Å². The van der Waals surface area contributed by atoms with Gasteiger partial charge >= 0.3 is 0 Å². The second kappa shape index (κ2) is 8.20. The second-order valence-corrected chi connectivity index (χ2v) is 8.48. The third kappa shape index (κ3) is 3.83. The molecular weight excluding hydrogens is 392 g/mol. The predicted octanol–water partition coefficient (Wildman–Crippen LogP) is 4.25. The first kappa shape index (κ1) is 20.2. The molecule has 0 unspecified atom stereocenters. The van der Waals surface area contributed by atoms with E-state index >= 15 is 0 Å². The Labute approximate surface area is 172 Å². The van der Waals surface area contributed by atoms with Gasteiger partial charge in [0.25, 0.3) is 5.56 Å². The van der Waals surface area contributed by atoms with E-state index in [4.69, 9.17) is 12.2 Å². The van der Waals surface area contributed by atoms with E-state index in [1.54, 1.807) is 10.6 Å². The van der Waals surface area contributed by atoms with E-state index in [1.165, 1.54) is 22.2 Å². The number of nitrogens with zero attached hydrogens (tertiary/aromatic N) is 3. The maximum Gasteiger partial charge on any atom is 0.273 e. The van der Waals surface area contributed by atoms with Crippen LogP contribution >= 0.6 is 23.6 Å². The van der Waals surface area contributed by atoms with Crippen molar-refractivity contribution >= 4 is 45.5 Å². The number of aromatic nitrogens is 3. The van der Waals surface area contributed by atoms with Crippen molar-refractivity contribution in [3.63, 3.8) is 0 Å². The number of benzene rings is 1. The van der Waals surface area contributed by atoms with Crippen LogP contribution in [0.1, 0.15) is 30.9 Å². The minimum atomic E-state index is -0.270. The summed E-state index contributed by atoms with van der Waals surface area (Å²) in [5.74, 6) is 0.00131. The number of para-hydroxylation sites is 1. The number of hydrogen-bond donors (Lipinski definition) is 1. The maximum absolute atomic E-state index is 12.8. The van der Waals surface area contributed by atoms with Crippen LogP contribution in [0.2, 0.25) is 0 Å². The molecule has 1 aromatic carbocycles. The molecule has 3 aromatic rings. The molecule has 3 rings (SSSR count). The Kier molecular flexibility index (Phi) is 5.90. The summed E-state index contributed by atoms with van der Waals surface area (Å²) >= 11 is 6.52. The topological polar surface area (TPSA) is 68.9 Å². The number of rotatable bonds is 6. The molecule has 0 aliphatic heterocycles. The largest absolute Gasteiger partial charge is 0.324 e. The van der Waals surface area contributed by atoms with Crippen LogP contribution in [0.4, 0.5) is 5.69 Å². The van der Waals surface area contributed by atoms with Crippen LogP contribution < -0.4 is 10.9 Å². The van der Waals surface area contributed by atoms with Gasteiger partial charge in [-0.15, -0.1) is 6.58 Å². The number of thiazole rings is 1. The Bertz CT molecular complexity index is 1170. The Balaban J connectivity index is 1.91. The number of carbonyl (C=O) groups excluding carboxylic acids is 1. The Morgan fingerprint density at radius 3 is 2.86 bits per heavy atom. The van der Waals surface area contributed by atoms with E-state index in [0.717, 1.165) is 16.8 Å². The van der Waals surface area contributed by atoms with Gasteiger partial charge in [0.15, 0.2) is 9.60 Å². The zero-order valence-electron chi connectivity index (χ0n) is 16.1. The van der Waals surface area contributed by atoms with Crippen molar-refractivity contribution in [2.24, 2.45) is 0 Å². The van der Waals surface area contributed by atoms with Crippen molar-refractivity contribution in [3.8, 4) is 0 Å². The average Bonchev–Trinajstić information content (AvgIpc) is 2.96. The molecule has 1 N–H and O–H groups in total. The number of amides is 1. The molecule has 1 amide bonds. The highest BCUT2D eigenvalue weighted by Gasteiger charge is 2.15. The molecule has 0 radical (unpaired) electrons. The van der Waals surface area contributed by atoms with Gasteiger partial charge in [-0.3, -0.25) is 14.2 Å². The van der Waals surface area contributed by atoms with Crippen molar-refractivity contribution in [1.29, 1.82) is 0 Å². The molecule has 0 saturated heterocycles. The van der Waals surface area contributed by atoms with Gasteiger partial charge in [-0.25, -0.2) is 4.98 Å². The van der Waals surface area contributed by atoms with Gasteiger partial charge in [0.05, 0.1) is 0 Å². The Morgan fingerprint density at radius 2 is 2.18 bits per heavy atom. The van der Waals surface area contributed by atoms with Crippen LogP contribution in [0.25, 0.3) is 10.3 Å². The van der Waals surface area contributed by atoms with Gasteiger partial charge in [0.2, 0.25) is 5.91 Å². The fraction of sp³-hybridized carbons (Fsp3) is 0.300. The first-order chi connectivity index (χ1) is 13.3. The van der Waals surface area contributed by atoms with Crippen LogP contribution in [-0.2, 0) is 17.9 Å². The fourth-order valence-electron chi connectivity index (χ4n) is 3.05. The molecule has 6 nitrogen and oxygen atoms in total. The summed E-state index contributed by atoms with van der Waals surface area (Å²) in [5.41, 5.74) is 3.11. The van der Waals surface area contributed by atoms with E-state index in [1.807, 2.05) is 25.1 Å². The lowest BCUT2D eigenvalue weighted by molar-refractivity contribution is -0.116. The zero-order valence-corrected chi connectivity index (χ0v) is 17.7. The molecule has 0 bridgehead atoms. The van der Waals surface area contributed by atoms with Crippen LogP contribution in [0, 0.1) is 10.9 Å². The molecular formula is C20H22N4O2S2. The lowest BCUT2D eigenvalue weighted by Gasteiger charge is -2.16. The van der Waals surface area contributed by atoms with Crippen molar-refractivity contribution in [1.82, 2.24) is 14.1 Å². The lowest BCUT2D eigenvalue weighted by Crippen LogP contribution is -2.28. The smallest absolute Gasteiger partial charge is 0.273 e. The molecule has 0 aliphatic carbocycles. The predicted molar refractivity (Wildman–Crippen MR) is 117 cm³/mol. The third-order valence-corrected chi connectivity index (χ3v) is 5.89. The number of hydrogen-bond acceptors (Lipinski definition) is 5. The minimum Gasteiger partial charge on any atom is -0.324 e. The van der Waals surface area contributed by atoms with Crippen molar-refractivity contribution in [2.75, 3.05) is 5.32 Å². The quantitative estimate of drug-likeness (QED) is 0.484. The SMILES string of the molecule is C=CCn1c(=S)sc2c(=O)n(CC(=O)Nc3c(C)cccc3C(C)C)cnc21. The number of anilines is 1. The van der Waals surface area contributed by atoms with Gasteiger partial charge < -0.3 is 9.88 Å². The van der Waals surface area contributed by atoms with E-state index in [9.17, 15) is 9.59 Å². The molecule has 28 heavy (non-hydrogen) atoms. The Morgan fingerprint density at radius 1 is 1.43 bits per heavy atom. The molecule has 8 heteroatoms. The minimum absolute atomic E-state index is 0.111. The molecule has 0 spiro atoms. The van der Waals surface area contributed by atoms with Crippen LogP contribution in [-0.4, -0.2) is 20.0 Å². The van der Waals surface area contributed by atoms with E-state index < -0.39 is 0 Å². The molecule has 0 aliphatic rings. The standard InChI is InChI=1S/C20H22N4O2S2/c1-5-9-24-18-17(28-20(24)27)19(26)23(11-21-18)10-15(25)22-16-13(4)7-6-8-14(16)12(2)3/h5-8,11-12H,1,9-10H2,2-4H3,(H,22,25). The van der Waals surface area contributed by atoms with Crippen LogP contribution in [0.15, 0.2) is 42.0 Å². The van der Waals surface area contributed by atoms with E-state index in [0.29, 0.717) is 20.8 Å². The maximum atomic E-state index is 12.8. The molecule has 0 fully saturated rings. The highest BCUT2D eigenvalue weighted by Crippen LogP contribution is 2.27. The molecule has 0 atom stereocenters. The first-order valence-corrected chi connectivity index (χ1v) is 10.1. The molecule has 2 aromatic heterocycles. The van der Waals surface area contributed by atoms with Gasteiger partial charge in [0.1, 0.15) is 17.6 Å². The number of aryl methyl sites for hydroxylation is 1. The third-order valence-electron chi connectivity index (χ3n) is 4.46. The van der Waals surface area contributed by atoms with E-state index in [-0.39, 0.29) is 23.9 Å². The number of nitrogens with one attached hydrogen (secondary N) is 1. The Hall–Kier alpha value is -2.58. The number of fused-ring (bicyclic) bond motifs is 1. The summed E-state index contributed by atoms with van der Waals surface area (Å²) in [4.78, 5) is 29.8. The average molecular weight is 415 g/mol. The van der Waals surface area contributed by atoms with Gasteiger partial charge in [-0.1, -0.05) is 49.5 Å².